The number of nitrogens with one attached hydrogen (secondary N) is 2. The first-order valence-corrected chi connectivity index (χ1v) is 11.9. The molecule has 0 spiro atoms. The molecule has 1 aliphatic heterocycles. The highest BCUT2D eigenvalue weighted by Crippen LogP contribution is 2.33. The summed E-state index contributed by atoms with van der Waals surface area (Å²) in [7, 11) is -2.12. The second kappa shape index (κ2) is 9.64. The van der Waals surface area contributed by atoms with Crippen molar-refractivity contribution < 1.29 is 13.5 Å². The van der Waals surface area contributed by atoms with Gasteiger partial charge in [-0.15, -0.1) is 0 Å². The van der Waals surface area contributed by atoms with Crippen LogP contribution in [0.15, 0.2) is 59.7 Å². The summed E-state index contributed by atoms with van der Waals surface area (Å²) in [6.45, 7) is 4.29. The van der Waals surface area contributed by atoms with E-state index in [-0.39, 0.29) is 6.54 Å². The van der Waals surface area contributed by atoms with Gasteiger partial charge in [-0.05, 0) is 24.7 Å². The van der Waals surface area contributed by atoms with Gasteiger partial charge in [0.2, 0.25) is 0 Å². The predicted octanol–water partition coefficient (Wildman–Crippen LogP) is 1.93. The molecule has 8 nitrogen and oxygen atoms in total. The summed E-state index contributed by atoms with van der Waals surface area (Å²) in [4.78, 5) is 0. The van der Waals surface area contributed by atoms with Crippen LogP contribution in [0.1, 0.15) is 25.0 Å². The summed E-state index contributed by atoms with van der Waals surface area (Å²) in [5, 5.41) is 21.4. The molecule has 31 heavy (non-hydrogen) atoms. The fraction of sp³-hybridized carbons (Fsp3) is 0.381. The van der Waals surface area contributed by atoms with E-state index in [2.05, 4.69) is 15.1 Å². The zero-order valence-corrected chi connectivity index (χ0v) is 19.4. The molecule has 1 heterocycles. The third kappa shape index (κ3) is 4.92. The summed E-state index contributed by atoms with van der Waals surface area (Å²) < 4.78 is 29.5. The van der Waals surface area contributed by atoms with E-state index in [1.54, 1.807) is 45.2 Å². The second-order valence-corrected chi connectivity index (χ2v) is 9.32. The predicted molar refractivity (Wildman–Crippen MR) is 123 cm³/mol. The van der Waals surface area contributed by atoms with Gasteiger partial charge >= 0.3 is 0 Å². The molecule has 0 bridgehead atoms. The van der Waals surface area contributed by atoms with E-state index in [1.165, 1.54) is 9.31 Å². The van der Waals surface area contributed by atoms with Crippen LogP contribution in [0.25, 0.3) is 0 Å². The van der Waals surface area contributed by atoms with E-state index in [9.17, 15) is 13.5 Å². The minimum Gasteiger partial charge on any atom is -0.377 e. The largest absolute Gasteiger partial charge is 0.377 e. The maximum absolute atomic E-state index is 12.8. The smallest absolute Gasteiger partial charge is 0.282 e. The molecule has 168 valence electrons. The Morgan fingerprint density at radius 2 is 1.77 bits per heavy atom. The molecule has 2 aromatic rings. The Morgan fingerprint density at radius 1 is 1.16 bits per heavy atom. The Labute approximate surface area is 188 Å². The first-order valence-electron chi connectivity index (χ1n) is 10.1. The van der Waals surface area contributed by atoms with Gasteiger partial charge in [-0.25, -0.2) is 0 Å². The Hall–Kier alpha value is -2.01. The molecule has 1 aliphatic rings. The molecule has 2 aromatic carbocycles. The van der Waals surface area contributed by atoms with Crippen LogP contribution < -0.4 is 10.0 Å². The number of benzene rings is 2. The molecule has 0 aromatic heterocycles. The lowest BCUT2D eigenvalue weighted by Crippen LogP contribution is -2.57. The summed E-state index contributed by atoms with van der Waals surface area (Å²) in [6.07, 6.45) is -0.856. The molecule has 0 radical (unpaired) electrons. The summed E-state index contributed by atoms with van der Waals surface area (Å²) in [6, 6.07) is 16.2. The van der Waals surface area contributed by atoms with Crippen molar-refractivity contribution in [3.05, 3.63) is 70.7 Å². The van der Waals surface area contributed by atoms with Crippen molar-refractivity contribution in [1.82, 2.24) is 19.4 Å². The van der Waals surface area contributed by atoms with Crippen LogP contribution in [0.4, 0.5) is 0 Å². The van der Waals surface area contributed by atoms with Crippen molar-refractivity contribution in [2.24, 2.45) is 5.10 Å². The van der Waals surface area contributed by atoms with Crippen molar-refractivity contribution >= 4 is 27.5 Å². The SMILES string of the molecule is CCN(CC)S(=O)(=O)NC(NC)N1CC(O)(c2ccccc2)C(c2ccc(Cl)cc2)=N1. The fourth-order valence-electron chi connectivity index (χ4n) is 3.60. The van der Waals surface area contributed by atoms with Crippen molar-refractivity contribution in [3.8, 4) is 0 Å². The molecule has 10 heteroatoms. The minimum atomic E-state index is -3.75. The molecule has 0 amide bonds. The molecule has 0 aliphatic carbocycles. The van der Waals surface area contributed by atoms with Crippen molar-refractivity contribution in [2.75, 3.05) is 26.7 Å². The van der Waals surface area contributed by atoms with E-state index >= 15 is 0 Å². The molecule has 2 unspecified atom stereocenters. The maximum atomic E-state index is 12.8. The van der Waals surface area contributed by atoms with Crippen LogP contribution in [0.2, 0.25) is 5.02 Å². The Balaban J connectivity index is 2.00. The highest BCUT2D eigenvalue weighted by atomic mass is 35.5. The first-order chi connectivity index (χ1) is 14.7. The standard InChI is InChI=1S/C21H28ClN5O3S/c1-4-26(5-2)31(29,30)25-20(23-3)27-15-21(28,17-9-7-6-8-10-17)19(24-27)16-11-13-18(22)14-12-16/h6-14,20,23,25,28H,4-5,15H2,1-3H3. The second-order valence-electron chi connectivity index (χ2n) is 7.18. The number of rotatable bonds is 9. The Morgan fingerprint density at radius 3 is 2.32 bits per heavy atom. The number of hydrogen-bond donors (Lipinski definition) is 3. The molecular weight excluding hydrogens is 438 g/mol. The van der Waals surface area contributed by atoms with Gasteiger partial charge in [-0.3, -0.25) is 10.3 Å². The van der Waals surface area contributed by atoms with Crippen molar-refractivity contribution in [3.63, 3.8) is 0 Å². The lowest BCUT2D eigenvalue weighted by molar-refractivity contribution is 0.0602. The van der Waals surface area contributed by atoms with Gasteiger partial charge in [0.1, 0.15) is 5.71 Å². The van der Waals surface area contributed by atoms with E-state index in [4.69, 9.17) is 11.6 Å². The number of β-amino-alcohol motifs (C(OH)–C–C–N with tert-alkyl or cyclic N) is 1. The van der Waals surface area contributed by atoms with Gasteiger partial charge in [-0.1, -0.05) is 67.9 Å². The summed E-state index contributed by atoms with van der Waals surface area (Å²) in [5.41, 5.74) is 0.329. The van der Waals surface area contributed by atoms with Crippen LogP contribution in [0, 0.1) is 0 Å². The van der Waals surface area contributed by atoms with E-state index in [0.29, 0.717) is 35.0 Å². The zero-order chi connectivity index (χ0) is 22.6. The van der Waals surface area contributed by atoms with Crippen LogP contribution in [-0.4, -0.2) is 61.5 Å². The first kappa shape index (κ1) is 23.6. The average Bonchev–Trinajstić information content (AvgIpc) is 3.12. The Bertz CT molecular complexity index is 1010. The molecule has 0 fully saturated rings. The molecule has 2 atom stereocenters. The highest BCUT2D eigenvalue weighted by molar-refractivity contribution is 7.87. The normalized spacial score (nSPS) is 20.2. The molecule has 3 N–H and O–H groups in total. The Kier molecular flexibility index (Phi) is 7.35. The molecule has 0 saturated heterocycles. The monoisotopic (exact) mass is 465 g/mol. The van der Waals surface area contributed by atoms with Crippen LogP contribution in [0.3, 0.4) is 0 Å². The third-order valence-corrected chi connectivity index (χ3v) is 7.23. The van der Waals surface area contributed by atoms with Gasteiger partial charge in [-0.2, -0.15) is 22.5 Å². The van der Waals surface area contributed by atoms with Gasteiger partial charge in [0.25, 0.3) is 10.2 Å². The molecular formula is C21H28ClN5O3S. The fourth-order valence-corrected chi connectivity index (χ4v) is 5.08. The quantitative estimate of drug-likeness (QED) is 0.492. The van der Waals surface area contributed by atoms with Crippen LogP contribution in [0.5, 0.6) is 0 Å². The maximum Gasteiger partial charge on any atom is 0.282 e. The topological polar surface area (TPSA) is 97.3 Å². The van der Waals surface area contributed by atoms with E-state index < -0.39 is 22.1 Å². The van der Waals surface area contributed by atoms with Gasteiger partial charge in [0.05, 0.1) is 6.54 Å². The van der Waals surface area contributed by atoms with Crippen LogP contribution >= 0.6 is 11.6 Å². The number of aliphatic hydroxyl groups is 1. The lowest BCUT2D eigenvalue weighted by Gasteiger charge is -2.31. The lowest BCUT2D eigenvalue weighted by atomic mass is 9.86. The minimum absolute atomic E-state index is 0.0568. The van der Waals surface area contributed by atoms with Crippen LogP contribution in [-0.2, 0) is 15.8 Å². The van der Waals surface area contributed by atoms with Crippen molar-refractivity contribution in [2.45, 2.75) is 25.7 Å². The van der Waals surface area contributed by atoms with Gasteiger partial charge < -0.3 is 5.11 Å². The number of halogens is 1. The van der Waals surface area contributed by atoms with Gasteiger partial charge in [0.15, 0.2) is 11.9 Å². The van der Waals surface area contributed by atoms with Crippen molar-refractivity contribution in [1.29, 1.82) is 0 Å². The summed E-state index contributed by atoms with van der Waals surface area (Å²) >= 11 is 6.03. The number of nitrogens with zero attached hydrogens (tertiary/aromatic N) is 3. The van der Waals surface area contributed by atoms with E-state index in [0.717, 1.165) is 0 Å². The molecule has 0 saturated carbocycles. The average molecular weight is 466 g/mol. The van der Waals surface area contributed by atoms with Gasteiger partial charge in [0, 0.05) is 23.7 Å². The number of hydrazone groups is 1. The number of hydrogen-bond acceptors (Lipinski definition) is 6. The molecule has 3 rings (SSSR count). The summed E-state index contributed by atoms with van der Waals surface area (Å²) in [5.74, 6) is 0. The third-order valence-electron chi connectivity index (χ3n) is 5.26. The highest BCUT2D eigenvalue weighted by Gasteiger charge is 2.45. The van der Waals surface area contributed by atoms with E-state index in [1.807, 2.05) is 30.3 Å². The zero-order valence-electron chi connectivity index (χ0n) is 17.8.